The van der Waals surface area contributed by atoms with Crippen molar-refractivity contribution in [3.8, 4) is 5.19 Å². The Hall–Kier alpha value is -2.63. The molecule has 1 aromatic heterocycles. The van der Waals surface area contributed by atoms with Gasteiger partial charge in [-0.3, -0.25) is 10.1 Å². The van der Waals surface area contributed by atoms with Gasteiger partial charge in [-0.25, -0.2) is 12.8 Å². The molecule has 1 aliphatic heterocycles. The van der Waals surface area contributed by atoms with Gasteiger partial charge in [0.2, 0.25) is 10.0 Å². The van der Waals surface area contributed by atoms with Gasteiger partial charge >= 0.3 is 0 Å². The first-order valence-electron chi connectivity index (χ1n) is 8.81. The number of piperidine rings is 1. The molecule has 8 nitrogen and oxygen atoms in total. The van der Waals surface area contributed by atoms with Crippen molar-refractivity contribution in [1.82, 2.24) is 9.29 Å². The Morgan fingerprint density at radius 1 is 1.17 bits per heavy atom. The number of nitrogens with zero attached hydrogens (tertiary/aromatic N) is 3. The number of nitro benzene ring substituents is 1. The SMILES string of the molecule is O=[N+]([O-])c1ccccc1S(=O)(=O)N1CCC(Oc2nc3c(F)cccc3s2)CC1. The maximum absolute atomic E-state index is 13.8. The Balaban J connectivity index is 1.46. The van der Waals surface area contributed by atoms with E-state index in [4.69, 9.17) is 4.74 Å². The van der Waals surface area contributed by atoms with Crippen LogP contribution in [0.1, 0.15) is 12.8 Å². The summed E-state index contributed by atoms with van der Waals surface area (Å²) in [6.07, 6.45) is 0.534. The molecule has 0 bridgehead atoms. The van der Waals surface area contributed by atoms with Crippen molar-refractivity contribution in [3.05, 3.63) is 58.4 Å². The number of fused-ring (bicyclic) bond motifs is 1. The summed E-state index contributed by atoms with van der Waals surface area (Å²) >= 11 is 1.23. The molecule has 1 saturated heterocycles. The highest BCUT2D eigenvalue weighted by molar-refractivity contribution is 7.89. The van der Waals surface area contributed by atoms with Gasteiger partial charge < -0.3 is 4.74 Å². The van der Waals surface area contributed by atoms with Crippen LogP contribution in [0.2, 0.25) is 0 Å². The van der Waals surface area contributed by atoms with Crippen molar-refractivity contribution < 1.29 is 22.5 Å². The van der Waals surface area contributed by atoms with Crippen LogP contribution < -0.4 is 4.74 Å². The fraction of sp³-hybridized carbons (Fsp3) is 0.278. The molecule has 4 rings (SSSR count). The summed E-state index contributed by atoms with van der Waals surface area (Å²) < 4.78 is 47.2. The number of para-hydroxylation sites is 2. The number of hydrogen-bond donors (Lipinski definition) is 0. The molecule has 1 aliphatic rings. The van der Waals surface area contributed by atoms with E-state index in [0.29, 0.717) is 22.7 Å². The molecule has 3 aromatic rings. The van der Waals surface area contributed by atoms with Crippen LogP contribution in [0.5, 0.6) is 5.19 Å². The van der Waals surface area contributed by atoms with Crippen LogP contribution in [0.15, 0.2) is 47.4 Å². The molecule has 0 radical (unpaired) electrons. The number of sulfonamides is 1. The lowest BCUT2D eigenvalue weighted by Gasteiger charge is -2.30. The minimum absolute atomic E-state index is 0.165. The monoisotopic (exact) mass is 437 g/mol. The largest absolute Gasteiger partial charge is 0.467 e. The lowest BCUT2D eigenvalue weighted by molar-refractivity contribution is -0.387. The Morgan fingerprint density at radius 3 is 2.59 bits per heavy atom. The molecule has 0 spiro atoms. The molecule has 29 heavy (non-hydrogen) atoms. The van der Waals surface area contributed by atoms with Crippen molar-refractivity contribution in [2.75, 3.05) is 13.1 Å². The summed E-state index contributed by atoms with van der Waals surface area (Å²) in [5, 5.41) is 11.5. The van der Waals surface area contributed by atoms with Crippen molar-refractivity contribution in [1.29, 1.82) is 0 Å². The second-order valence-electron chi connectivity index (χ2n) is 6.51. The predicted octanol–water partition coefficient (Wildman–Crippen LogP) is 3.58. The van der Waals surface area contributed by atoms with Gasteiger partial charge in [0.1, 0.15) is 17.4 Å². The third kappa shape index (κ3) is 3.80. The van der Waals surface area contributed by atoms with Gasteiger partial charge in [0.25, 0.3) is 10.9 Å². The molecule has 0 aliphatic carbocycles. The highest BCUT2D eigenvalue weighted by Gasteiger charge is 2.34. The van der Waals surface area contributed by atoms with Crippen LogP contribution in [0.4, 0.5) is 10.1 Å². The van der Waals surface area contributed by atoms with E-state index in [0.717, 1.165) is 0 Å². The van der Waals surface area contributed by atoms with Gasteiger partial charge in [0.15, 0.2) is 4.90 Å². The molecule has 0 amide bonds. The van der Waals surface area contributed by atoms with Crippen LogP contribution in [-0.4, -0.2) is 41.8 Å². The summed E-state index contributed by atoms with van der Waals surface area (Å²) in [5.74, 6) is -0.418. The molecule has 11 heteroatoms. The van der Waals surface area contributed by atoms with Gasteiger partial charge in [0.05, 0.1) is 9.62 Å². The number of hydrogen-bond acceptors (Lipinski definition) is 7. The number of ether oxygens (including phenoxy) is 1. The molecular weight excluding hydrogens is 421 g/mol. The quantitative estimate of drug-likeness (QED) is 0.447. The van der Waals surface area contributed by atoms with E-state index in [2.05, 4.69) is 4.98 Å². The molecule has 0 saturated carbocycles. The summed E-state index contributed by atoms with van der Waals surface area (Å²) in [5.41, 5.74) is -0.189. The van der Waals surface area contributed by atoms with Crippen molar-refractivity contribution >= 4 is 37.3 Å². The zero-order valence-electron chi connectivity index (χ0n) is 15.0. The average molecular weight is 437 g/mol. The van der Waals surface area contributed by atoms with E-state index in [1.54, 1.807) is 12.1 Å². The zero-order valence-corrected chi connectivity index (χ0v) is 16.7. The fourth-order valence-corrected chi connectivity index (χ4v) is 5.77. The maximum atomic E-state index is 13.8. The Labute approximate surface area is 169 Å². The number of nitro groups is 1. The van der Waals surface area contributed by atoms with Gasteiger partial charge in [-0.1, -0.05) is 29.5 Å². The van der Waals surface area contributed by atoms with Crippen molar-refractivity contribution in [3.63, 3.8) is 0 Å². The normalized spacial score (nSPS) is 16.2. The topological polar surface area (TPSA) is 103 Å². The summed E-state index contributed by atoms with van der Waals surface area (Å²) in [6.45, 7) is 0.330. The standard InChI is InChI=1S/C18H16FN3O5S2/c19-13-4-3-6-15-17(13)20-18(28-15)27-12-8-10-21(11-9-12)29(25,26)16-7-2-1-5-14(16)22(23)24/h1-7,12H,8-11H2. The van der Waals surface area contributed by atoms with Crippen LogP contribution in [0.3, 0.4) is 0 Å². The fourth-order valence-electron chi connectivity index (χ4n) is 3.24. The lowest BCUT2D eigenvalue weighted by atomic mass is 10.1. The van der Waals surface area contributed by atoms with E-state index in [-0.39, 0.29) is 29.6 Å². The molecule has 0 unspecified atom stereocenters. The third-order valence-electron chi connectivity index (χ3n) is 4.70. The van der Waals surface area contributed by atoms with Crippen LogP contribution >= 0.6 is 11.3 Å². The second kappa shape index (κ2) is 7.65. The van der Waals surface area contributed by atoms with Crippen molar-refractivity contribution in [2.45, 2.75) is 23.8 Å². The minimum atomic E-state index is -3.99. The highest BCUT2D eigenvalue weighted by atomic mass is 32.2. The molecule has 152 valence electrons. The zero-order chi connectivity index (χ0) is 20.6. The van der Waals surface area contributed by atoms with Gasteiger partial charge in [0, 0.05) is 19.2 Å². The van der Waals surface area contributed by atoms with E-state index in [1.807, 2.05) is 0 Å². The van der Waals surface area contributed by atoms with Crippen molar-refractivity contribution in [2.24, 2.45) is 0 Å². The van der Waals surface area contributed by atoms with E-state index in [9.17, 15) is 22.9 Å². The molecule has 2 heterocycles. The summed E-state index contributed by atoms with van der Waals surface area (Å²) in [7, 11) is -3.99. The second-order valence-corrected chi connectivity index (χ2v) is 9.41. The van der Waals surface area contributed by atoms with Gasteiger partial charge in [-0.05, 0) is 31.0 Å². The Bertz CT molecular complexity index is 1170. The average Bonchev–Trinajstić information content (AvgIpc) is 3.12. The number of benzene rings is 2. The number of halogens is 1. The first kappa shape index (κ1) is 19.7. The number of aromatic nitrogens is 1. The van der Waals surface area contributed by atoms with E-state index >= 15 is 0 Å². The van der Waals surface area contributed by atoms with Crippen LogP contribution in [0, 0.1) is 15.9 Å². The molecule has 1 fully saturated rings. The first-order valence-corrected chi connectivity index (χ1v) is 11.1. The van der Waals surface area contributed by atoms with Crippen LogP contribution in [-0.2, 0) is 10.0 Å². The molecule has 2 aromatic carbocycles. The smallest absolute Gasteiger partial charge is 0.289 e. The highest BCUT2D eigenvalue weighted by Crippen LogP contribution is 2.32. The Morgan fingerprint density at radius 2 is 1.90 bits per heavy atom. The molecule has 0 N–H and O–H groups in total. The first-order chi connectivity index (χ1) is 13.9. The number of thiazole rings is 1. The maximum Gasteiger partial charge on any atom is 0.289 e. The Kier molecular flexibility index (Phi) is 5.19. The van der Waals surface area contributed by atoms with E-state index in [1.165, 1.54) is 46.0 Å². The van der Waals surface area contributed by atoms with Gasteiger partial charge in [-0.2, -0.15) is 9.29 Å². The molecule has 0 atom stereocenters. The summed E-state index contributed by atoms with van der Waals surface area (Å²) in [6, 6.07) is 10.00. The molecular formula is C18H16FN3O5S2. The minimum Gasteiger partial charge on any atom is -0.467 e. The summed E-state index contributed by atoms with van der Waals surface area (Å²) in [4.78, 5) is 14.3. The van der Waals surface area contributed by atoms with Crippen LogP contribution in [0.25, 0.3) is 10.2 Å². The number of rotatable bonds is 5. The predicted molar refractivity (Wildman–Crippen MR) is 105 cm³/mol. The van der Waals surface area contributed by atoms with E-state index < -0.39 is 26.5 Å². The van der Waals surface area contributed by atoms with Gasteiger partial charge in [-0.15, -0.1) is 0 Å². The lowest BCUT2D eigenvalue weighted by Crippen LogP contribution is -2.41. The third-order valence-corrected chi connectivity index (χ3v) is 7.56.